The number of carbonyl (C=O) groups is 1. The smallest absolute Gasteiger partial charge is 0.336 e. The van der Waals surface area contributed by atoms with E-state index in [9.17, 15) is 4.79 Å². The summed E-state index contributed by atoms with van der Waals surface area (Å²) in [6, 6.07) is 0. The Morgan fingerprint density at radius 3 is 2.92 bits per heavy atom. The minimum atomic E-state index is -0.971. The number of hydrogen-bond donors (Lipinski definition) is 2. The van der Waals surface area contributed by atoms with E-state index in [2.05, 4.69) is 18.0 Å². The van der Waals surface area contributed by atoms with Gasteiger partial charge in [-0.25, -0.2) is 4.79 Å². The molecule has 0 amide bonds. The molecule has 0 bridgehead atoms. The molecule has 0 aromatic heterocycles. The van der Waals surface area contributed by atoms with Crippen molar-refractivity contribution in [2.75, 3.05) is 6.54 Å². The lowest BCUT2D eigenvalue weighted by Gasteiger charge is -1.95. The molecule has 3 heteroatoms. The fraction of sp³-hybridized carbons (Fsp3) is 0.556. The van der Waals surface area contributed by atoms with Crippen LogP contribution in [-0.2, 0) is 4.79 Å². The van der Waals surface area contributed by atoms with Crippen LogP contribution in [0.3, 0.4) is 0 Å². The summed E-state index contributed by atoms with van der Waals surface area (Å²) in [5, 5.41) is 11.1. The number of carboxylic acid groups (broad SMARTS) is 1. The molecule has 0 saturated heterocycles. The molecule has 0 spiro atoms. The molecule has 0 fully saturated rings. The zero-order valence-corrected chi connectivity index (χ0v) is 7.34. The maximum absolute atomic E-state index is 9.97. The zero-order chi connectivity index (χ0) is 9.23. The minimum absolute atomic E-state index is 0.883. The molecule has 0 heterocycles. The molecule has 0 unspecified atom stereocenters. The second kappa shape index (κ2) is 7.89. The summed E-state index contributed by atoms with van der Waals surface area (Å²) in [5.41, 5.74) is 2.50. The first-order valence-electron chi connectivity index (χ1n) is 4.14. The third kappa shape index (κ3) is 8.79. The molecule has 0 aliphatic carbocycles. The van der Waals surface area contributed by atoms with Gasteiger partial charge in [0.25, 0.3) is 0 Å². The quantitative estimate of drug-likeness (QED) is 0.360. The molecule has 0 aromatic rings. The highest BCUT2D eigenvalue weighted by Gasteiger charge is 1.82. The molecule has 12 heavy (non-hydrogen) atoms. The first kappa shape index (κ1) is 10.8. The maximum Gasteiger partial charge on any atom is 0.336 e. The Balaban J connectivity index is 3.30. The number of aliphatic carboxylic acids is 1. The summed E-state index contributed by atoms with van der Waals surface area (Å²) in [6.45, 7) is 3.02. The lowest BCUT2D eigenvalue weighted by atomic mass is 10.2. The third-order valence-electron chi connectivity index (χ3n) is 1.32. The summed E-state index contributed by atoms with van der Waals surface area (Å²) in [5.74, 6) is -0.971. The third-order valence-corrected chi connectivity index (χ3v) is 1.32. The van der Waals surface area contributed by atoms with E-state index in [0.29, 0.717) is 0 Å². The van der Waals surface area contributed by atoms with Crippen LogP contribution < -0.4 is 5.32 Å². The van der Waals surface area contributed by atoms with E-state index in [1.54, 1.807) is 0 Å². The lowest BCUT2D eigenvalue weighted by Crippen LogP contribution is -2.05. The predicted molar refractivity (Wildman–Crippen MR) is 47.8 cm³/mol. The Bertz CT molecular complexity index is 181. The van der Waals surface area contributed by atoms with Gasteiger partial charge in [-0.05, 0) is 6.42 Å². The molecular weight excluding hydrogens is 154 g/mol. The summed E-state index contributed by atoms with van der Waals surface area (Å²) in [7, 11) is 0. The second-order valence-electron chi connectivity index (χ2n) is 2.45. The Morgan fingerprint density at radius 2 is 2.33 bits per heavy atom. The van der Waals surface area contributed by atoms with Gasteiger partial charge in [-0.3, -0.25) is 0 Å². The Kier molecular flexibility index (Phi) is 7.10. The minimum Gasteiger partial charge on any atom is -0.478 e. The van der Waals surface area contributed by atoms with Gasteiger partial charge in [0, 0.05) is 12.7 Å². The molecule has 0 aromatic carbocycles. The first-order chi connectivity index (χ1) is 5.77. The number of unbranched alkanes of at least 4 members (excludes halogenated alkanes) is 2. The monoisotopic (exact) mass is 169 g/mol. The summed E-state index contributed by atoms with van der Waals surface area (Å²) in [6.07, 6.45) is 6.01. The van der Waals surface area contributed by atoms with Gasteiger partial charge in [-0.2, -0.15) is 0 Å². The van der Waals surface area contributed by atoms with E-state index in [1.165, 1.54) is 19.0 Å². The van der Waals surface area contributed by atoms with Crippen LogP contribution in [0.2, 0.25) is 0 Å². The Labute approximate surface area is 72.8 Å². The maximum atomic E-state index is 9.97. The van der Waals surface area contributed by atoms with E-state index in [4.69, 9.17) is 5.11 Å². The lowest BCUT2D eigenvalue weighted by molar-refractivity contribution is -0.131. The normalized spacial score (nSPS) is 8.42. The average molecular weight is 169 g/mol. The molecule has 68 valence electrons. The molecule has 0 saturated carbocycles. The van der Waals surface area contributed by atoms with Crippen LogP contribution in [0.4, 0.5) is 0 Å². The summed E-state index contributed by atoms with van der Waals surface area (Å²) < 4.78 is 0. The van der Waals surface area contributed by atoms with Crippen LogP contribution in [0.25, 0.3) is 0 Å². The van der Waals surface area contributed by atoms with Gasteiger partial charge in [0.2, 0.25) is 0 Å². The molecular formula is C9H15NO2. The summed E-state index contributed by atoms with van der Waals surface area (Å²) >= 11 is 0. The standard InChI is InChI=1S/C9H15NO2/c1-2-3-4-7-10-8-5-6-9(11)12/h6,8,10H,2-4,7H2,1H3,(H,11,12). The first-order valence-corrected chi connectivity index (χ1v) is 4.14. The van der Waals surface area contributed by atoms with Gasteiger partial charge in [0.15, 0.2) is 0 Å². The fourth-order valence-electron chi connectivity index (χ4n) is 0.721. The fourth-order valence-corrected chi connectivity index (χ4v) is 0.721. The SMILES string of the molecule is CCCCCNC=C=CC(=O)O. The van der Waals surface area contributed by atoms with Crippen molar-refractivity contribution in [1.29, 1.82) is 0 Å². The van der Waals surface area contributed by atoms with E-state index >= 15 is 0 Å². The van der Waals surface area contributed by atoms with E-state index in [-0.39, 0.29) is 0 Å². The molecule has 0 aliphatic rings. The Hall–Kier alpha value is -1.21. The van der Waals surface area contributed by atoms with E-state index in [1.807, 2.05) is 0 Å². The highest BCUT2D eigenvalue weighted by molar-refractivity contribution is 5.79. The van der Waals surface area contributed by atoms with Crippen molar-refractivity contribution in [3.05, 3.63) is 18.0 Å². The molecule has 2 N–H and O–H groups in total. The topological polar surface area (TPSA) is 49.3 Å². The zero-order valence-electron chi connectivity index (χ0n) is 7.34. The van der Waals surface area contributed by atoms with Crippen LogP contribution in [0, 0.1) is 0 Å². The van der Waals surface area contributed by atoms with Crippen LogP contribution in [0.1, 0.15) is 26.2 Å². The van der Waals surface area contributed by atoms with Crippen molar-refractivity contribution in [2.45, 2.75) is 26.2 Å². The van der Waals surface area contributed by atoms with Crippen LogP contribution in [0.5, 0.6) is 0 Å². The van der Waals surface area contributed by atoms with Gasteiger partial charge < -0.3 is 10.4 Å². The van der Waals surface area contributed by atoms with Crippen molar-refractivity contribution in [3.63, 3.8) is 0 Å². The van der Waals surface area contributed by atoms with Crippen LogP contribution in [0.15, 0.2) is 18.0 Å². The van der Waals surface area contributed by atoms with E-state index < -0.39 is 5.97 Å². The Morgan fingerprint density at radius 1 is 1.58 bits per heavy atom. The number of hydrogen-bond acceptors (Lipinski definition) is 2. The molecule has 0 aliphatic heterocycles. The van der Waals surface area contributed by atoms with Crippen LogP contribution >= 0.6 is 0 Å². The molecule has 0 radical (unpaired) electrons. The second-order valence-corrected chi connectivity index (χ2v) is 2.45. The van der Waals surface area contributed by atoms with E-state index in [0.717, 1.165) is 19.0 Å². The summed E-state index contributed by atoms with van der Waals surface area (Å²) in [4.78, 5) is 9.97. The predicted octanol–water partition coefficient (Wildman–Crippen LogP) is 1.52. The molecule has 0 atom stereocenters. The van der Waals surface area contributed by atoms with Crippen molar-refractivity contribution in [1.82, 2.24) is 5.32 Å². The molecule has 0 rings (SSSR count). The van der Waals surface area contributed by atoms with Crippen molar-refractivity contribution in [2.24, 2.45) is 0 Å². The van der Waals surface area contributed by atoms with Crippen molar-refractivity contribution in [3.8, 4) is 0 Å². The van der Waals surface area contributed by atoms with Gasteiger partial charge >= 0.3 is 5.97 Å². The largest absolute Gasteiger partial charge is 0.478 e. The highest BCUT2D eigenvalue weighted by atomic mass is 16.4. The van der Waals surface area contributed by atoms with Gasteiger partial charge in [0.1, 0.15) is 0 Å². The van der Waals surface area contributed by atoms with Gasteiger partial charge in [0.05, 0.1) is 6.08 Å². The van der Waals surface area contributed by atoms with Gasteiger partial charge in [-0.1, -0.05) is 25.5 Å². The molecule has 3 nitrogen and oxygen atoms in total. The number of rotatable bonds is 6. The van der Waals surface area contributed by atoms with Gasteiger partial charge in [-0.15, -0.1) is 0 Å². The number of nitrogens with one attached hydrogen (secondary N) is 1. The van der Waals surface area contributed by atoms with Crippen LogP contribution in [-0.4, -0.2) is 17.6 Å². The average Bonchev–Trinajstić information content (AvgIpc) is 2.02. The highest BCUT2D eigenvalue weighted by Crippen LogP contribution is 1.90. The van der Waals surface area contributed by atoms with Crippen molar-refractivity contribution >= 4 is 5.97 Å². The van der Waals surface area contributed by atoms with Crippen molar-refractivity contribution < 1.29 is 9.90 Å². The number of carboxylic acids is 1.